The lowest BCUT2D eigenvalue weighted by molar-refractivity contribution is 0.0273. The molecule has 8 heteroatoms. The van der Waals surface area contributed by atoms with E-state index in [0.717, 1.165) is 28.9 Å². The van der Waals surface area contributed by atoms with Crippen molar-refractivity contribution in [2.45, 2.75) is 24.7 Å². The van der Waals surface area contributed by atoms with Gasteiger partial charge in [-0.05, 0) is 24.1 Å². The molecule has 168 valence electrons. The zero-order valence-corrected chi connectivity index (χ0v) is 18.7. The molecule has 2 aromatic carbocycles. The summed E-state index contributed by atoms with van der Waals surface area (Å²) in [5.41, 5.74) is 4.90. The van der Waals surface area contributed by atoms with E-state index in [2.05, 4.69) is 9.97 Å². The van der Waals surface area contributed by atoms with E-state index in [1.807, 2.05) is 54.6 Å². The molecule has 33 heavy (non-hydrogen) atoms. The Labute approximate surface area is 195 Å². The Morgan fingerprint density at radius 1 is 1.03 bits per heavy atom. The summed E-state index contributed by atoms with van der Waals surface area (Å²) in [6.45, 7) is 1.19. The van der Waals surface area contributed by atoms with Crippen molar-refractivity contribution in [2.75, 3.05) is 20.3 Å². The van der Waals surface area contributed by atoms with Crippen molar-refractivity contribution in [2.24, 2.45) is 0 Å². The van der Waals surface area contributed by atoms with Gasteiger partial charge in [-0.1, -0.05) is 54.1 Å². The highest BCUT2D eigenvalue weighted by molar-refractivity contribution is 6.33. The molecule has 1 N–H and O–H groups in total. The predicted molar refractivity (Wildman–Crippen MR) is 125 cm³/mol. The van der Waals surface area contributed by atoms with E-state index in [9.17, 15) is 0 Å². The van der Waals surface area contributed by atoms with Gasteiger partial charge in [0.05, 0.1) is 36.1 Å². The summed E-state index contributed by atoms with van der Waals surface area (Å²) >= 11 is 6.58. The van der Waals surface area contributed by atoms with Crippen LogP contribution in [0.5, 0.6) is 11.8 Å². The monoisotopic (exact) mass is 463 g/mol. The van der Waals surface area contributed by atoms with Gasteiger partial charge < -0.3 is 23.9 Å². The van der Waals surface area contributed by atoms with Gasteiger partial charge in [-0.25, -0.2) is 4.98 Å². The van der Waals surface area contributed by atoms with Crippen molar-refractivity contribution in [3.63, 3.8) is 0 Å². The van der Waals surface area contributed by atoms with Crippen molar-refractivity contribution in [1.82, 2.24) is 15.0 Å². The van der Waals surface area contributed by atoms with Gasteiger partial charge in [0.15, 0.2) is 11.8 Å². The molecule has 7 nitrogen and oxygen atoms in total. The number of H-pyrrole nitrogens is 1. The fourth-order valence-electron chi connectivity index (χ4n) is 4.52. The number of halogens is 1. The highest BCUT2D eigenvalue weighted by atomic mass is 35.5. The smallest absolute Gasteiger partial charge is 0.296 e. The Hall–Kier alpha value is -3.13. The number of nitrogens with zero attached hydrogens (tertiary/aromatic N) is 2. The van der Waals surface area contributed by atoms with Gasteiger partial charge in [0.1, 0.15) is 11.9 Å². The largest absolute Gasteiger partial charge is 0.496 e. The zero-order valence-electron chi connectivity index (χ0n) is 18.0. The molecule has 2 aliphatic rings. The molecule has 0 radical (unpaired) electrons. The second kappa shape index (κ2) is 8.33. The lowest BCUT2D eigenvalue weighted by atomic mass is 10.0. The summed E-state index contributed by atoms with van der Waals surface area (Å²) in [7, 11) is 1.67. The van der Waals surface area contributed by atoms with Crippen LogP contribution in [0.15, 0.2) is 54.6 Å². The number of imidazole rings is 1. The van der Waals surface area contributed by atoms with Crippen LogP contribution in [0.3, 0.4) is 0 Å². The Kier molecular flexibility index (Phi) is 5.17. The van der Waals surface area contributed by atoms with E-state index >= 15 is 0 Å². The summed E-state index contributed by atoms with van der Waals surface area (Å²) in [6, 6.07) is 18.2. The maximum atomic E-state index is 6.58. The normalized spacial score (nSPS) is 21.9. The number of hydrogen-bond acceptors (Lipinski definition) is 6. The van der Waals surface area contributed by atoms with Crippen LogP contribution in [0, 0.1) is 0 Å². The fraction of sp³-hybridized carbons (Fsp3) is 0.280. The lowest BCUT2D eigenvalue weighted by Crippen LogP contribution is -2.32. The molecule has 0 saturated carbocycles. The van der Waals surface area contributed by atoms with Crippen LogP contribution in [0.2, 0.25) is 5.02 Å². The number of para-hydroxylation sites is 1. The second-order valence-corrected chi connectivity index (χ2v) is 8.57. The summed E-state index contributed by atoms with van der Waals surface area (Å²) in [4.78, 5) is 12.4. The summed E-state index contributed by atoms with van der Waals surface area (Å²) in [5.74, 6) is 0.828. The number of ether oxygens (including phenoxy) is 4. The van der Waals surface area contributed by atoms with Gasteiger partial charge >= 0.3 is 0 Å². The Balaban J connectivity index is 1.27. The first-order valence-corrected chi connectivity index (χ1v) is 11.3. The summed E-state index contributed by atoms with van der Waals surface area (Å²) in [6.07, 6.45) is 0.779. The molecule has 0 amide bonds. The number of aromatic amines is 1. The van der Waals surface area contributed by atoms with Gasteiger partial charge in [0, 0.05) is 17.7 Å². The Morgan fingerprint density at radius 3 is 2.70 bits per heavy atom. The maximum Gasteiger partial charge on any atom is 0.296 e. The number of aromatic nitrogens is 3. The molecule has 0 spiro atoms. The molecule has 6 rings (SSSR count). The molecule has 0 bridgehead atoms. The number of nitrogens with one attached hydrogen (secondary N) is 1. The number of rotatable bonds is 5. The molecule has 4 aromatic rings. The van der Waals surface area contributed by atoms with Gasteiger partial charge in [-0.15, -0.1) is 0 Å². The quantitative estimate of drug-likeness (QED) is 0.454. The highest BCUT2D eigenvalue weighted by Gasteiger charge is 2.43. The third kappa shape index (κ3) is 3.72. The number of fused-ring (bicyclic) bond motifs is 2. The first kappa shape index (κ1) is 20.5. The zero-order chi connectivity index (χ0) is 22.4. The van der Waals surface area contributed by atoms with Crippen molar-refractivity contribution in [3.8, 4) is 34.1 Å². The summed E-state index contributed by atoms with van der Waals surface area (Å²) in [5, 5.41) is 0.533. The third-order valence-electron chi connectivity index (χ3n) is 6.16. The second-order valence-electron chi connectivity index (χ2n) is 8.16. The van der Waals surface area contributed by atoms with Crippen LogP contribution >= 0.6 is 11.6 Å². The number of benzene rings is 2. The maximum absolute atomic E-state index is 6.58. The van der Waals surface area contributed by atoms with Crippen LogP contribution < -0.4 is 9.47 Å². The van der Waals surface area contributed by atoms with Crippen molar-refractivity contribution in [1.29, 1.82) is 0 Å². The average Bonchev–Trinajstić information content (AvgIpc) is 3.56. The van der Waals surface area contributed by atoms with E-state index < -0.39 is 0 Å². The van der Waals surface area contributed by atoms with Crippen LogP contribution in [0.4, 0.5) is 0 Å². The van der Waals surface area contributed by atoms with Crippen LogP contribution in [-0.4, -0.2) is 53.6 Å². The molecular weight excluding hydrogens is 442 g/mol. The standard InChI is InChI=1S/C25H22ClN3O4/c1-30-19-5-3-2-4-16(19)14-6-8-15(9-7-14)22-17(26)12-18-24(28-22)29-25(27-18)33-21-13-32-20-10-11-31-23(20)21/h2-9,12,20-21,23H,10-11,13H2,1H3,(H,27,28,29)/t20-,21-,23+/m1/s1. The minimum absolute atomic E-state index is 0.0490. The van der Waals surface area contributed by atoms with Crippen LogP contribution in [0.1, 0.15) is 6.42 Å². The predicted octanol–water partition coefficient (Wildman–Crippen LogP) is 4.89. The SMILES string of the molecule is COc1ccccc1-c1ccc(-c2nc3nc(O[C@@H]4CO[C@@H]5CCO[C@@H]54)[nH]c3cc2Cl)cc1. The highest BCUT2D eigenvalue weighted by Crippen LogP contribution is 2.34. The van der Waals surface area contributed by atoms with E-state index in [1.54, 1.807) is 7.11 Å². The molecule has 0 unspecified atom stereocenters. The molecule has 3 atom stereocenters. The van der Waals surface area contributed by atoms with E-state index in [4.69, 9.17) is 35.5 Å². The van der Waals surface area contributed by atoms with Gasteiger partial charge in [-0.3, -0.25) is 0 Å². The van der Waals surface area contributed by atoms with E-state index in [1.165, 1.54) is 0 Å². The van der Waals surface area contributed by atoms with E-state index in [0.29, 0.717) is 41.1 Å². The molecule has 2 fully saturated rings. The molecule has 2 aromatic heterocycles. The average molecular weight is 464 g/mol. The molecule has 2 saturated heterocycles. The molecule has 4 heterocycles. The number of pyridine rings is 1. The molecule has 2 aliphatic heterocycles. The first-order valence-electron chi connectivity index (χ1n) is 10.9. The van der Waals surface area contributed by atoms with Crippen LogP contribution in [0.25, 0.3) is 33.5 Å². The van der Waals surface area contributed by atoms with Crippen molar-refractivity contribution >= 4 is 22.8 Å². The number of methoxy groups -OCH3 is 1. The minimum atomic E-state index is -0.185. The number of hydrogen-bond donors (Lipinski definition) is 1. The van der Waals surface area contributed by atoms with Gasteiger partial charge in [0.2, 0.25) is 0 Å². The van der Waals surface area contributed by atoms with Gasteiger partial charge in [-0.2, -0.15) is 4.98 Å². The fourth-order valence-corrected chi connectivity index (χ4v) is 4.78. The lowest BCUT2D eigenvalue weighted by Gasteiger charge is -2.15. The van der Waals surface area contributed by atoms with Crippen LogP contribution in [-0.2, 0) is 9.47 Å². The topological polar surface area (TPSA) is 78.5 Å². The molecular formula is C25H22ClN3O4. The third-order valence-corrected chi connectivity index (χ3v) is 6.45. The van der Waals surface area contributed by atoms with Crippen molar-refractivity contribution < 1.29 is 18.9 Å². The van der Waals surface area contributed by atoms with Gasteiger partial charge in [0.25, 0.3) is 6.01 Å². The Morgan fingerprint density at radius 2 is 1.85 bits per heavy atom. The molecule has 0 aliphatic carbocycles. The first-order chi connectivity index (χ1) is 16.2. The minimum Gasteiger partial charge on any atom is -0.496 e. The van der Waals surface area contributed by atoms with E-state index in [-0.39, 0.29) is 18.3 Å². The Bertz CT molecular complexity index is 1310. The summed E-state index contributed by atoms with van der Waals surface area (Å²) < 4.78 is 23.0. The van der Waals surface area contributed by atoms with Crippen molar-refractivity contribution in [3.05, 3.63) is 59.6 Å².